The molecule has 2 heterocycles. The number of rotatable bonds is 6. The van der Waals surface area contributed by atoms with Crippen LogP contribution < -0.4 is 11.2 Å². The number of thioether (sulfide) groups is 1. The Bertz CT molecular complexity index is 1130. The first-order valence-corrected chi connectivity index (χ1v) is 11.2. The fraction of sp³-hybridized carbons (Fsp3) is 0.0526. The molecule has 10 heteroatoms. The number of carbonyl (C=O) groups excluding carboxylic acids is 1. The van der Waals surface area contributed by atoms with Gasteiger partial charge in [-0.25, -0.2) is 9.66 Å². The largest absolute Gasteiger partial charge is 0.335 e. The average molecular weight is 487 g/mol. The fourth-order valence-electron chi connectivity index (χ4n) is 2.53. The fourth-order valence-corrected chi connectivity index (χ4v) is 4.19. The first-order valence-electron chi connectivity index (χ1n) is 8.50. The SMILES string of the molecule is Nn1c(SCC(=O)Nc2nc(-c3ccc(Br)cc3)cs2)nnc1-c1ccccc1. The zero-order valence-electron chi connectivity index (χ0n) is 14.9. The van der Waals surface area contributed by atoms with E-state index in [0.717, 1.165) is 21.3 Å². The maximum absolute atomic E-state index is 12.3. The molecule has 2 aromatic carbocycles. The highest BCUT2D eigenvalue weighted by Crippen LogP contribution is 2.26. The number of aromatic nitrogens is 4. The van der Waals surface area contributed by atoms with Gasteiger partial charge < -0.3 is 11.2 Å². The van der Waals surface area contributed by atoms with E-state index in [2.05, 4.69) is 36.4 Å². The summed E-state index contributed by atoms with van der Waals surface area (Å²) in [5, 5.41) is 13.9. The van der Waals surface area contributed by atoms with E-state index in [1.807, 2.05) is 60.0 Å². The molecule has 146 valence electrons. The maximum Gasteiger partial charge on any atom is 0.236 e. The minimum absolute atomic E-state index is 0.150. The van der Waals surface area contributed by atoms with Gasteiger partial charge in [0.2, 0.25) is 11.1 Å². The van der Waals surface area contributed by atoms with Gasteiger partial charge in [-0.15, -0.1) is 21.5 Å². The van der Waals surface area contributed by atoms with Crippen molar-refractivity contribution in [3.8, 4) is 22.6 Å². The van der Waals surface area contributed by atoms with E-state index in [9.17, 15) is 4.79 Å². The summed E-state index contributed by atoms with van der Waals surface area (Å²) < 4.78 is 2.40. The third kappa shape index (κ3) is 4.66. The van der Waals surface area contributed by atoms with Crippen molar-refractivity contribution in [2.45, 2.75) is 5.16 Å². The van der Waals surface area contributed by atoms with E-state index in [1.54, 1.807) is 0 Å². The van der Waals surface area contributed by atoms with Crippen molar-refractivity contribution in [1.82, 2.24) is 19.9 Å². The molecule has 4 rings (SSSR count). The second-order valence-electron chi connectivity index (χ2n) is 5.92. The summed E-state index contributed by atoms with van der Waals surface area (Å²) >= 11 is 6.01. The minimum Gasteiger partial charge on any atom is -0.335 e. The zero-order chi connectivity index (χ0) is 20.2. The predicted molar refractivity (Wildman–Crippen MR) is 120 cm³/mol. The van der Waals surface area contributed by atoms with Crippen LogP contribution in [0.4, 0.5) is 5.13 Å². The molecule has 3 N–H and O–H groups in total. The van der Waals surface area contributed by atoms with E-state index in [-0.39, 0.29) is 11.7 Å². The molecule has 0 unspecified atom stereocenters. The Hall–Kier alpha value is -2.69. The lowest BCUT2D eigenvalue weighted by molar-refractivity contribution is -0.113. The van der Waals surface area contributed by atoms with Gasteiger partial charge in [-0.05, 0) is 12.1 Å². The Morgan fingerprint density at radius 1 is 1.10 bits per heavy atom. The number of benzene rings is 2. The van der Waals surface area contributed by atoms with Gasteiger partial charge in [-0.3, -0.25) is 4.79 Å². The number of nitrogens with two attached hydrogens (primary N) is 1. The molecule has 0 fully saturated rings. The normalized spacial score (nSPS) is 10.8. The van der Waals surface area contributed by atoms with Crippen LogP contribution in [-0.2, 0) is 4.79 Å². The number of hydrogen-bond donors (Lipinski definition) is 2. The number of thiazole rings is 1. The zero-order valence-corrected chi connectivity index (χ0v) is 18.2. The van der Waals surface area contributed by atoms with Crippen molar-refractivity contribution in [3.63, 3.8) is 0 Å². The minimum atomic E-state index is -0.184. The Morgan fingerprint density at radius 2 is 1.86 bits per heavy atom. The van der Waals surface area contributed by atoms with Crippen LogP contribution in [0.5, 0.6) is 0 Å². The van der Waals surface area contributed by atoms with E-state index in [1.165, 1.54) is 27.8 Å². The van der Waals surface area contributed by atoms with Gasteiger partial charge in [0.25, 0.3) is 0 Å². The maximum atomic E-state index is 12.3. The summed E-state index contributed by atoms with van der Waals surface area (Å²) in [5.74, 6) is 6.59. The number of nitrogens with zero attached hydrogens (tertiary/aromatic N) is 4. The summed E-state index contributed by atoms with van der Waals surface area (Å²) in [4.78, 5) is 16.8. The van der Waals surface area contributed by atoms with Gasteiger partial charge in [0, 0.05) is 21.0 Å². The van der Waals surface area contributed by atoms with Crippen molar-refractivity contribution in [2.75, 3.05) is 16.9 Å². The molecule has 29 heavy (non-hydrogen) atoms. The molecule has 0 atom stereocenters. The number of amides is 1. The Balaban J connectivity index is 1.36. The lowest BCUT2D eigenvalue weighted by Gasteiger charge is -2.04. The second-order valence-corrected chi connectivity index (χ2v) is 8.64. The molecule has 0 bridgehead atoms. The van der Waals surface area contributed by atoms with E-state index in [4.69, 9.17) is 5.84 Å². The molecule has 7 nitrogen and oxygen atoms in total. The van der Waals surface area contributed by atoms with E-state index < -0.39 is 0 Å². The average Bonchev–Trinajstić information content (AvgIpc) is 3.34. The van der Waals surface area contributed by atoms with Gasteiger partial charge in [0.1, 0.15) is 0 Å². The van der Waals surface area contributed by atoms with Crippen molar-refractivity contribution < 1.29 is 4.79 Å². The number of anilines is 1. The van der Waals surface area contributed by atoms with Crippen LogP contribution >= 0.6 is 39.0 Å². The quantitative estimate of drug-likeness (QED) is 0.311. The van der Waals surface area contributed by atoms with Crippen LogP contribution in [0.2, 0.25) is 0 Å². The monoisotopic (exact) mass is 486 g/mol. The third-order valence-corrected chi connectivity index (χ3v) is 6.15. The second kappa shape index (κ2) is 8.76. The third-order valence-electron chi connectivity index (χ3n) is 3.92. The number of nitrogens with one attached hydrogen (secondary N) is 1. The van der Waals surface area contributed by atoms with Crippen LogP contribution in [0.15, 0.2) is 69.6 Å². The molecule has 4 aromatic rings. The summed E-state index contributed by atoms with van der Waals surface area (Å²) in [6.45, 7) is 0. The summed E-state index contributed by atoms with van der Waals surface area (Å²) in [6, 6.07) is 17.4. The first-order chi connectivity index (χ1) is 14.1. The van der Waals surface area contributed by atoms with Crippen molar-refractivity contribution >= 4 is 50.1 Å². The van der Waals surface area contributed by atoms with Crippen LogP contribution in [0.1, 0.15) is 0 Å². The van der Waals surface area contributed by atoms with Crippen LogP contribution in [0.3, 0.4) is 0 Å². The first kappa shape index (κ1) is 19.6. The highest BCUT2D eigenvalue weighted by atomic mass is 79.9. The van der Waals surface area contributed by atoms with E-state index in [0.29, 0.717) is 16.1 Å². The number of hydrogen-bond acceptors (Lipinski definition) is 7. The molecule has 0 radical (unpaired) electrons. The molecule has 0 saturated heterocycles. The lowest BCUT2D eigenvalue weighted by Crippen LogP contribution is -2.16. The van der Waals surface area contributed by atoms with E-state index >= 15 is 0 Å². The Morgan fingerprint density at radius 3 is 2.62 bits per heavy atom. The molecule has 2 aromatic heterocycles. The number of halogens is 1. The Labute approximate surface area is 183 Å². The van der Waals surface area contributed by atoms with Crippen molar-refractivity contribution in [3.05, 3.63) is 64.5 Å². The molecule has 0 aliphatic rings. The van der Waals surface area contributed by atoms with Crippen LogP contribution in [0.25, 0.3) is 22.6 Å². The number of nitrogen functional groups attached to an aromatic ring is 1. The van der Waals surface area contributed by atoms with Crippen LogP contribution in [-0.4, -0.2) is 31.5 Å². The van der Waals surface area contributed by atoms with Crippen molar-refractivity contribution in [2.24, 2.45) is 0 Å². The van der Waals surface area contributed by atoms with Gasteiger partial charge in [0.15, 0.2) is 11.0 Å². The molecular weight excluding hydrogens is 472 g/mol. The standard InChI is InChI=1S/C19H15BrN6OS2/c20-14-8-6-12(7-9-14)15-10-28-18(22-15)23-16(27)11-29-19-25-24-17(26(19)21)13-4-2-1-3-5-13/h1-10H,11,21H2,(H,22,23,27). The van der Waals surface area contributed by atoms with Crippen LogP contribution in [0, 0.1) is 0 Å². The predicted octanol–water partition coefficient (Wildman–Crippen LogP) is 4.28. The smallest absolute Gasteiger partial charge is 0.236 e. The van der Waals surface area contributed by atoms with Gasteiger partial charge in [0.05, 0.1) is 11.4 Å². The molecule has 0 spiro atoms. The number of carbonyl (C=O) groups is 1. The lowest BCUT2D eigenvalue weighted by atomic mass is 10.2. The molecule has 0 aliphatic carbocycles. The molecule has 0 aliphatic heterocycles. The highest BCUT2D eigenvalue weighted by Gasteiger charge is 2.14. The molecular formula is C19H15BrN6OS2. The van der Waals surface area contributed by atoms with Crippen molar-refractivity contribution in [1.29, 1.82) is 0 Å². The Kier molecular flexibility index (Phi) is 5.93. The van der Waals surface area contributed by atoms with Gasteiger partial charge >= 0.3 is 0 Å². The summed E-state index contributed by atoms with van der Waals surface area (Å²) in [5.41, 5.74) is 2.67. The summed E-state index contributed by atoms with van der Waals surface area (Å²) in [7, 11) is 0. The summed E-state index contributed by atoms with van der Waals surface area (Å²) in [6.07, 6.45) is 0. The topological polar surface area (TPSA) is 98.7 Å². The van der Waals surface area contributed by atoms with Gasteiger partial charge in [-0.1, -0.05) is 70.2 Å². The van der Waals surface area contributed by atoms with Gasteiger partial charge in [-0.2, -0.15) is 0 Å². The molecule has 1 amide bonds. The highest BCUT2D eigenvalue weighted by molar-refractivity contribution is 9.10. The molecule has 0 saturated carbocycles.